The number of imidazole rings is 1. The lowest BCUT2D eigenvalue weighted by molar-refractivity contribution is -0.192. The number of fused-ring (bicyclic) bond motifs is 1. The highest BCUT2D eigenvalue weighted by atomic mass is 79.9. The van der Waals surface area contributed by atoms with Crippen LogP contribution in [-0.2, 0) is 16.7 Å². The van der Waals surface area contributed by atoms with Crippen molar-refractivity contribution in [3.05, 3.63) is 51.5 Å². The maximum Gasteiger partial charge on any atom is 0.490 e. The molecule has 4 N–H and O–H groups in total. The van der Waals surface area contributed by atoms with Gasteiger partial charge < -0.3 is 20.3 Å². The number of carbonyl (C=O) groups excluding carboxylic acids is 1. The van der Waals surface area contributed by atoms with Crippen LogP contribution in [0.2, 0.25) is 5.02 Å². The number of aliphatic carboxylic acids is 1. The zero-order chi connectivity index (χ0) is 26.3. The van der Waals surface area contributed by atoms with Gasteiger partial charge in [-0.2, -0.15) is 13.2 Å². The molecule has 0 atom stereocenters. The van der Waals surface area contributed by atoms with Gasteiger partial charge in [0.1, 0.15) is 5.52 Å². The Morgan fingerprint density at radius 2 is 1.94 bits per heavy atom. The number of hydroxylamine groups is 1. The first-order valence-electron chi connectivity index (χ1n) is 9.59. The van der Waals surface area contributed by atoms with E-state index in [0.29, 0.717) is 22.8 Å². The zero-order valence-corrected chi connectivity index (χ0v) is 20.5. The molecule has 0 fully saturated rings. The maximum absolute atomic E-state index is 15.2. The highest BCUT2D eigenvalue weighted by Gasteiger charge is 2.38. The Hall–Kier alpha value is -2.94. The summed E-state index contributed by atoms with van der Waals surface area (Å²) in [5, 5.41) is 13.3. The number of amides is 1. The number of aromatic nitrogens is 2. The average molecular weight is 585 g/mol. The Morgan fingerprint density at radius 1 is 1.29 bits per heavy atom. The number of rotatable bonds is 7. The lowest BCUT2D eigenvalue weighted by Gasteiger charge is -2.15. The van der Waals surface area contributed by atoms with Gasteiger partial charge >= 0.3 is 12.1 Å². The molecule has 1 amide bonds. The van der Waals surface area contributed by atoms with Gasteiger partial charge in [-0.25, -0.2) is 19.6 Å². The number of hydrogen-bond donors (Lipinski definition) is 4. The minimum absolute atomic E-state index is 0.0369. The van der Waals surface area contributed by atoms with Gasteiger partial charge in [0, 0.05) is 18.1 Å². The van der Waals surface area contributed by atoms with E-state index in [2.05, 4.69) is 37.0 Å². The van der Waals surface area contributed by atoms with E-state index in [1.165, 1.54) is 6.33 Å². The molecule has 15 heteroatoms. The second kappa shape index (κ2) is 12.2. The molecule has 2 aromatic carbocycles. The molecule has 1 heterocycles. The summed E-state index contributed by atoms with van der Waals surface area (Å²) in [7, 11) is 3.49. The molecule has 0 bridgehead atoms. The van der Waals surface area contributed by atoms with Crippen LogP contribution >= 0.6 is 27.5 Å². The SMILES string of the molecule is CNCCONC(=O)c1cc2c(ncn2C)c(F)c1Nc1ccc(Br)cc1Cl.O=C(O)C(F)(F)F. The van der Waals surface area contributed by atoms with Crippen molar-refractivity contribution in [2.24, 2.45) is 7.05 Å². The summed E-state index contributed by atoms with van der Waals surface area (Å²) in [6, 6.07) is 6.66. The molecule has 3 rings (SSSR count). The van der Waals surface area contributed by atoms with Gasteiger partial charge in [0.15, 0.2) is 5.82 Å². The summed E-state index contributed by atoms with van der Waals surface area (Å²) in [5.74, 6) is -4.00. The Labute approximate surface area is 209 Å². The molecular weight excluding hydrogens is 566 g/mol. The van der Waals surface area contributed by atoms with E-state index in [1.807, 2.05) is 0 Å². The van der Waals surface area contributed by atoms with E-state index in [9.17, 15) is 18.0 Å². The number of carboxylic acids is 1. The van der Waals surface area contributed by atoms with Crippen molar-refractivity contribution in [3.8, 4) is 0 Å². The van der Waals surface area contributed by atoms with E-state index in [0.717, 1.165) is 4.47 Å². The van der Waals surface area contributed by atoms with Gasteiger partial charge in [-0.15, -0.1) is 0 Å². The predicted molar refractivity (Wildman–Crippen MR) is 124 cm³/mol. The van der Waals surface area contributed by atoms with E-state index >= 15 is 4.39 Å². The van der Waals surface area contributed by atoms with Gasteiger partial charge in [-0.1, -0.05) is 27.5 Å². The summed E-state index contributed by atoms with van der Waals surface area (Å²) >= 11 is 9.56. The zero-order valence-electron chi connectivity index (χ0n) is 18.1. The van der Waals surface area contributed by atoms with Crippen molar-refractivity contribution < 1.29 is 37.1 Å². The summed E-state index contributed by atoms with van der Waals surface area (Å²) in [6.07, 6.45) is -3.60. The number of carboxylic acid groups (broad SMARTS) is 1. The van der Waals surface area contributed by atoms with E-state index < -0.39 is 23.9 Å². The van der Waals surface area contributed by atoms with Crippen molar-refractivity contribution in [3.63, 3.8) is 0 Å². The average Bonchev–Trinajstić information content (AvgIpc) is 3.15. The van der Waals surface area contributed by atoms with Crippen molar-refractivity contribution >= 4 is 61.8 Å². The highest BCUT2D eigenvalue weighted by Crippen LogP contribution is 2.34. The molecule has 190 valence electrons. The number of anilines is 2. The lowest BCUT2D eigenvalue weighted by Crippen LogP contribution is -2.28. The Balaban J connectivity index is 0.000000540. The summed E-state index contributed by atoms with van der Waals surface area (Å²) in [6.45, 7) is 0.814. The molecule has 0 unspecified atom stereocenters. The molecule has 0 radical (unpaired) electrons. The summed E-state index contributed by atoms with van der Waals surface area (Å²) < 4.78 is 49.4. The first-order valence-corrected chi connectivity index (χ1v) is 10.8. The minimum atomic E-state index is -5.08. The van der Waals surface area contributed by atoms with Crippen molar-refractivity contribution in [2.75, 3.05) is 25.5 Å². The number of nitrogens with zero attached hydrogens (tertiary/aromatic N) is 2. The Kier molecular flexibility index (Phi) is 9.82. The maximum atomic E-state index is 15.2. The third-order valence-corrected chi connectivity index (χ3v) is 5.06. The molecule has 0 spiro atoms. The number of hydrogen-bond acceptors (Lipinski definition) is 6. The summed E-state index contributed by atoms with van der Waals surface area (Å²) in [5.41, 5.74) is 3.43. The second-order valence-electron chi connectivity index (χ2n) is 6.77. The van der Waals surface area contributed by atoms with E-state index in [4.69, 9.17) is 26.3 Å². The Morgan fingerprint density at radius 3 is 2.51 bits per heavy atom. The first-order chi connectivity index (χ1) is 16.4. The first kappa shape index (κ1) is 28.3. The number of carbonyl (C=O) groups is 2. The second-order valence-corrected chi connectivity index (χ2v) is 8.09. The molecule has 0 aliphatic carbocycles. The molecule has 3 aromatic rings. The number of nitrogens with one attached hydrogen (secondary N) is 3. The van der Waals surface area contributed by atoms with Crippen LogP contribution in [0.3, 0.4) is 0 Å². The number of likely N-dealkylation sites (N-methyl/N-ethyl adjacent to an activating group) is 1. The van der Waals surface area contributed by atoms with Crippen molar-refractivity contribution in [1.82, 2.24) is 20.3 Å². The van der Waals surface area contributed by atoms with Crippen molar-refractivity contribution in [1.29, 1.82) is 0 Å². The van der Waals surface area contributed by atoms with Crippen LogP contribution < -0.4 is 16.1 Å². The number of benzene rings is 2. The molecular formula is C20H19BrClF4N5O4. The van der Waals surface area contributed by atoms with Crippen LogP contribution in [0.25, 0.3) is 11.0 Å². The standard InChI is InChI=1S/C18H18BrClFN5O2.C2HF3O2/c1-22-5-6-28-25-18(27)11-8-14-17(23-9-26(14)2)15(21)16(11)24-13-4-3-10(19)7-12(13)20;3-2(4,5)1(6)7/h3-4,7-9,22,24H,5-6H2,1-2H3,(H,25,27);(H,6,7). The fraction of sp³-hybridized carbons (Fsp3) is 0.250. The van der Waals surface area contributed by atoms with Gasteiger partial charge in [0.2, 0.25) is 0 Å². The van der Waals surface area contributed by atoms with Crippen LogP contribution in [0.1, 0.15) is 10.4 Å². The van der Waals surface area contributed by atoms with E-state index in [-0.39, 0.29) is 23.4 Å². The van der Waals surface area contributed by atoms with Crippen LogP contribution in [0, 0.1) is 5.82 Å². The van der Waals surface area contributed by atoms with Gasteiger partial charge in [0.05, 0.1) is 40.4 Å². The van der Waals surface area contributed by atoms with Crippen LogP contribution in [0.4, 0.5) is 28.9 Å². The van der Waals surface area contributed by atoms with Crippen LogP contribution in [0.5, 0.6) is 0 Å². The van der Waals surface area contributed by atoms with E-state index in [1.54, 1.807) is 42.9 Å². The van der Waals surface area contributed by atoms with Gasteiger partial charge in [-0.3, -0.25) is 9.63 Å². The quantitative estimate of drug-likeness (QED) is 0.185. The Bertz CT molecular complexity index is 1220. The third kappa shape index (κ3) is 7.52. The lowest BCUT2D eigenvalue weighted by atomic mass is 10.1. The normalized spacial score (nSPS) is 11.1. The highest BCUT2D eigenvalue weighted by molar-refractivity contribution is 9.10. The van der Waals surface area contributed by atoms with Crippen LogP contribution in [0.15, 0.2) is 35.1 Å². The molecule has 0 aliphatic heterocycles. The minimum Gasteiger partial charge on any atom is -0.475 e. The largest absolute Gasteiger partial charge is 0.490 e. The fourth-order valence-electron chi connectivity index (χ4n) is 2.58. The monoisotopic (exact) mass is 583 g/mol. The molecule has 9 nitrogen and oxygen atoms in total. The molecule has 0 saturated heterocycles. The molecule has 35 heavy (non-hydrogen) atoms. The van der Waals surface area contributed by atoms with Crippen molar-refractivity contribution in [2.45, 2.75) is 6.18 Å². The number of aryl methyl sites for hydroxylation is 1. The number of halogens is 6. The van der Waals surface area contributed by atoms with Crippen LogP contribution in [-0.4, -0.2) is 52.9 Å². The summed E-state index contributed by atoms with van der Waals surface area (Å²) in [4.78, 5) is 30.8. The third-order valence-electron chi connectivity index (χ3n) is 4.26. The molecule has 0 saturated carbocycles. The van der Waals surface area contributed by atoms with Gasteiger partial charge in [0.25, 0.3) is 5.91 Å². The molecule has 1 aromatic heterocycles. The molecule has 0 aliphatic rings. The number of alkyl halides is 3. The van der Waals surface area contributed by atoms with Gasteiger partial charge in [-0.05, 0) is 31.3 Å². The fourth-order valence-corrected chi connectivity index (χ4v) is 3.30. The predicted octanol–water partition coefficient (Wildman–Crippen LogP) is 4.39. The topological polar surface area (TPSA) is 118 Å². The smallest absolute Gasteiger partial charge is 0.475 e.